The number of thiophene rings is 1. The van der Waals surface area contributed by atoms with Crippen LogP contribution in [0.5, 0.6) is 5.75 Å². The van der Waals surface area contributed by atoms with E-state index in [9.17, 15) is 10.1 Å². The molecule has 2 aromatic rings. The molecule has 20 heavy (non-hydrogen) atoms. The molecule has 0 aliphatic carbocycles. The fraction of sp³-hybridized carbons (Fsp3) is 0.0667. The van der Waals surface area contributed by atoms with Crippen molar-refractivity contribution in [2.45, 2.75) is 0 Å². The lowest BCUT2D eigenvalue weighted by Gasteiger charge is -2.02. The number of benzene rings is 1. The third-order valence-electron chi connectivity index (χ3n) is 2.57. The molecule has 1 heterocycles. The number of carbonyl (C=O) groups is 1. The molecule has 0 amide bonds. The van der Waals surface area contributed by atoms with Gasteiger partial charge in [0.25, 0.3) is 0 Å². The van der Waals surface area contributed by atoms with Gasteiger partial charge in [-0.3, -0.25) is 4.79 Å². The highest BCUT2D eigenvalue weighted by Crippen LogP contribution is 2.23. The van der Waals surface area contributed by atoms with Gasteiger partial charge in [-0.2, -0.15) is 5.26 Å². The van der Waals surface area contributed by atoms with Crippen LogP contribution in [0.3, 0.4) is 0 Å². The molecule has 0 radical (unpaired) electrons. The number of methoxy groups -OCH3 is 1. The summed E-state index contributed by atoms with van der Waals surface area (Å²) >= 11 is 4.80. The average Bonchev–Trinajstić information content (AvgIpc) is 2.89. The summed E-state index contributed by atoms with van der Waals surface area (Å²) in [5, 5.41) is 11.1. The molecular formula is C15H10BrNO2S. The number of halogens is 1. The summed E-state index contributed by atoms with van der Waals surface area (Å²) in [6.07, 6.45) is 1.59. The Balaban J connectivity index is 2.34. The summed E-state index contributed by atoms with van der Waals surface area (Å²) in [6, 6.07) is 10.6. The topological polar surface area (TPSA) is 50.1 Å². The number of allylic oxidation sites excluding steroid dienone is 1. The molecule has 0 atom stereocenters. The summed E-state index contributed by atoms with van der Waals surface area (Å²) < 4.78 is 6.01. The van der Waals surface area contributed by atoms with Crippen LogP contribution in [0.1, 0.15) is 15.2 Å². The summed E-state index contributed by atoms with van der Waals surface area (Å²) in [4.78, 5) is 13.2. The Hall–Kier alpha value is -1.90. The maximum Gasteiger partial charge on any atom is 0.203 e. The normalized spacial score (nSPS) is 10.9. The van der Waals surface area contributed by atoms with Gasteiger partial charge in [0.15, 0.2) is 0 Å². The number of carbonyl (C=O) groups excluding carboxylic acids is 1. The molecule has 0 unspecified atom stereocenters. The molecule has 0 bridgehead atoms. The van der Waals surface area contributed by atoms with Crippen molar-refractivity contribution in [1.82, 2.24) is 0 Å². The summed E-state index contributed by atoms with van der Waals surface area (Å²) in [5.74, 6) is 0.280. The molecule has 2 rings (SSSR count). The lowest BCUT2D eigenvalue weighted by atomic mass is 10.0. The number of Topliss-reactive ketones (excluding diaryl/α,β-unsaturated/α-hetero) is 1. The van der Waals surface area contributed by atoms with Crippen LogP contribution in [-0.4, -0.2) is 12.9 Å². The molecule has 0 aliphatic rings. The largest absolute Gasteiger partial charge is 0.497 e. The van der Waals surface area contributed by atoms with Crippen LogP contribution in [0, 0.1) is 11.3 Å². The van der Waals surface area contributed by atoms with E-state index in [-0.39, 0.29) is 11.4 Å². The van der Waals surface area contributed by atoms with E-state index in [1.54, 1.807) is 30.3 Å². The zero-order valence-electron chi connectivity index (χ0n) is 10.6. The monoisotopic (exact) mass is 347 g/mol. The van der Waals surface area contributed by atoms with Crippen LogP contribution >= 0.6 is 27.3 Å². The molecule has 0 saturated heterocycles. The predicted molar refractivity (Wildman–Crippen MR) is 82.9 cm³/mol. The molecular weight excluding hydrogens is 338 g/mol. The van der Waals surface area contributed by atoms with E-state index in [4.69, 9.17) is 4.74 Å². The fourth-order valence-corrected chi connectivity index (χ4v) is 2.99. The molecule has 0 fully saturated rings. The maximum atomic E-state index is 12.3. The highest BCUT2D eigenvalue weighted by Gasteiger charge is 2.13. The number of nitriles is 1. The Morgan fingerprint density at radius 1 is 1.45 bits per heavy atom. The van der Waals surface area contributed by atoms with Crippen molar-refractivity contribution in [3.8, 4) is 11.8 Å². The van der Waals surface area contributed by atoms with E-state index >= 15 is 0 Å². The maximum absolute atomic E-state index is 12.3. The minimum Gasteiger partial charge on any atom is -0.497 e. The van der Waals surface area contributed by atoms with E-state index in [0.717, 1.165) is 9.35 Å². The Morgan fingerprint density at radius 2 is 2.25 bits per heavy atom. The van der Waals surface area contributed by atoms with Crippen LogP contribution in [0.25, 0.3) is 6.08 Å². The van der Waals surface area contributed by atoms with Gasteiger partial charge in [-0.15, -0.1) is 11.3 Å². The van der Waals surface area contributed by atoms with E-state index in [2.05, 4.69) is 15.9 Å². The van der Waals surface area contributed by atoms with Gasteiger partial charge in [0.05, 0.1) is 7.11 Å². The van der Waals surface area contributed by atoms with Gasteiger partial charge < -0.3 is 4.74 Å². The quantitative estimate of drug-likeness (QED) is 0.470. The van der Waals surface area contributed by atoms with Gasteiger partial charge in [-0.05, 0) is 40.2 Å². The van der Waals surface area contributed by atoms with Crippen LogP contribution in [0.15, 0.2) is 45.8 Å². The molecule has 3 nitrogen and oxygen atoms in total. The van der Waals surface area contributed by atoms with Crippen LogP contribution in [0.4, 0.5) is 0 Å². The summed E-state index contributed by atoms with van der Waals surface area (Å²) in [6.45, 7) is 0. The molecule has 0 saturated carbocycles. The number of hydrogen-bond donors (Lipinski definition) is 0. The molecule has 0 aliphatic heterocycles. The van der Waals surface area contributed by atoms with E-state index in [1.807, 2.05) is 17.5 Å². The van der Waals surface area contributed by atoms with E-state index < -0.39 is 0 Å². The van der Waals surface area contributed by atoms with Gasteiger partial charge in [0.2, 0.25) is 5.78 Å². The smallest absolute Gasteiger partial charge is 0.203 e. The van der Waals surface area contributed by atoms with Gasteiger partial charge >= 0.3 is 0 Å². The van der Waals surface area contributed by atoms with Gasteiger partial charge in [0, 0.05) is 20.3 Å². The van der Waals surface area contributed by atoms with Gasteiger partial charge in [0.1, 0.15) is 17.4 Å². The van der Waals surface area contributed by atoms with Crippen molar-refractivity contribution in [1.29, 1.82) is 5.26 Å². The second kappa shape index (κ2) is 6.51. The Kier molecular flexibility index (Phi) is 4.72. The number of hydrogen-bond acceptors (Lipinski definition) is 4. The number of ether oxygens (including phenoxy) is 1. The van der Waals surface area contributed by atoms with Crippen molar-refractivity contribution in [3.63, 3.8) is 0 Å². The minimum atomic E-state index is -0.309. The van der Waals surface area contributed by atoms with Crippen molar-refractivity contribution < 1.29 is 9.53 Å². The molecule has 1 aromatic heterocycles. The van der Waals surface area contributed by atoms with Gasteiger partial charge in [-0.25, -0.2) is 0 Å². The Morgan fingerprint density at radius 3 is 2.85 bits per heavy atom. The van der Waals surface area contributed by atoms with Crippen molar-refractivity contribution in [2.24, 2.45) is 0 Å². The van der Waals surface area contributed by atoms with Crippen LogP contribution in [0.2, 0.25) is 0 Å². The first-order valence-electron chi connectivity index (χ1n) is 5.68. The lowest BCUT2D eigenvalue weighted by molar-refractivity contribution is 0.103. The van der Waals surface area contributed by atoms with E-state index in [0.29, 0.717) is 11.3 Å². The first-order chi connectivity index (χ1) is 9.63. The first-order valence-corrected chi connectivity index (χ1v) is 7.36. The first kappa shape index (κ1) is 14.5. The second-order valence-corrected chi connectivity index (χ2v) is 5.76. The molecule has 100 valence electrons. The third-order valence-corrected chi connectivity index (χ3v) is 4.21. The molecule has 0 spiro atoms. The second-order valence-electron chi connectivity index (χ2n) is 3.90. The highest BCUT2D eigenvalue weighted by atomic mass is 79.9. The average molecular weight is 348 g/mol. The SMILES string of the molecule is COc1cccc(C(=O)/C(C#N)=C/c2cc(Br)cs2)c1. The van der Waals surface area contributed by atoms with Gasteiger partial charge in [-0.1, -0.05) is 12.1 Å². The highest BCUT2D eigenvalue weighted by molar-refractivity contribution is 9.10. The zero-order valence-corrected chi connectivity index (χ0v) is 13.0. The zero-order chi connectivity index (χ0) is 14.5. The van der Waals surface area contributed by atoms with E-state index in [1.165, 1.54) is 18.4 Å². The Labute approximate surface area is 129 Å². The Bertz CT molecular complexity index is 713. The van der Waals surface area contributed by atoms with Crippen LogP contribution < -0.4 is 4.74 Å². The van der Waals surface area contributed by atoms with Crippen molar-refractivity contribution >= 4 is 39.1 Å². The number of nitrogens with zero attached hydrogens (tertiary/aromatic N) is 1. The predicted octanol–water partition coefficient (Wildman–Crippen LogP) is 4.31. The van der Waals surface area contributed by atoms with Crippen LogP contribution in [-0.2, 0) is 0 Å². The molecule has 0 N–H and O–H groups in total. The fourth-order valence-electron chi connectivity index (χ4n) is 1.61. The van der Waals surface area contributed by atoms with Crippen molar-refractivity contribution in [3.05, 3.63) is 56.2 Å². The lowest BCUT2D eigenvalue weighted by Crippen LogP contribution is -2.02. The number of ketones is 1. The van der Waals surface area contributed by atoms with Crippen molar-refractivity contribution in [2.75, 3.05) is 7.11 Å². The molecule has 5 heteroatoms. The third kappa shape index (κ3) is 3.35. The summed E-state index contributed by atoms with van der Waals surface area (Å²) in [7, 11) is 1.54. The standard InChI is InChI=1S/C15H10BrNO2S/c1-19-13-4-2-3-10(5-13)15(18)11(8-17)6-14-7-12(16)9-20-14/h2-7,9H,1H3/b11-6+. The number of rotatable bonds is 4. The minimum absolute atomic E-state index is 0.104. The summed E-state index contributed by atoms with van der Waals surface area (Å²) in [5.41, 5.74) is 0.542. The molecule has 1 aromatic carbocycles.